The number of carbonyl (C=O) groups is 1. The number of amides is 1. The standard InChI is InChI=1S/C42H67N5O4.C7H8O3S/c1-29(2)10-9-11-30(3)36-18-19-37-35-17-14-32-28-34(20-22-41(32,4)38(35)21-23-42(36,37)5)51-40(48)43-24-26-49-39(50-27-25-47(6,7)8)31-12-15-33(16-13-31)46-44-45-46;1-6-2-4-7(5-3-6)11(8,9)10/h12-16,29-30,34-39H,9-11,17-28H2,1-8H3;2-5H,1H3,(H,8,9,10)/t30-,34+,35+,36-,37+,38+,39?,41+,42-;/m1./s1. The van der Waals surface area contributed by atoms with Gasteiger partial charge >= 0.3 is 6.09 Å². The normalized spacial score (nSPS) is 28.7. The highest BCUT2D eigenvalue weighted by Gasteiger charge is 2.59. The summed E-state index contributed by atoms with van der Waals surface area (Å²) < 4.78 is 50.3. The van der Waals surface area contributed by atoms with Gasteiger partial charge in [0.15, 0.2) is 6.29 Å². The number of aryl methyl sites for hydroxylation is 1. The Hall–Kier alpha value is -3.36. The number of nitrogens with one attached hydrogen (secondary N) is 1. The number of likely N-dealkylation sites (N-methyl/N-ethyl adjacent to an activating group) is 1. The number of rotatable bonds is 17. The monoisotopic (exact) mass is 878 g/mol. The summed E-state index contributed by atoms with van der Waals surface area (Å²) >= 11 is 0. The molecule has 1 heterocycles. The number of fused-ring (bicyclic) bond motifs is 5. The first kappa shape index (κ1) is 48.1. The van der Waals surface area contributed by atoms with E-state index in [-0.39, 0.29) is 22.5 Å². The Morgan fingerprint density at radius 2 is 1.61 bits per heavy atom. The van der Waals surface area contributed by atoms with Gasteiger partial charge < -0.3 is 28.6 Å². The van der Waals surface area contributed by atoms with E-state index in [0.717, 1.165) is 82.6 Å². The topological polar surface area (TPSA) is 142 Å². The lowest BCUT2D eigenvalue weighted by molar-refractivity contribution is -0.871. The van der Waals surface area contributed by atoms with E-state index >= 15 is 0 Å². The van der Waals surface area contributed by atoms with Gasteiger partial charge in [-0.15, -0.1) is 5.12 Å². The Balaban J connectivity index is 0.000000508. The van der Waals surface area contributed by atoms with E-state index in [0.29, 0.717) is 25.2 Å². The van der Waals surface area contributed by atoms with Gasteiger partial charge in [0.05, 0.1) is 44.9 Å². The van der Waals surface area contributed by atoms with Crippen LogP contribution in [0.4, 0.5) is 10.5 Å². The quantitative estimate of drug-likeness (QED) is 0.0544. The molecule has 0 spiro atoms. The van der Waals surface area contributed by atoms with Gasteiger partial charge in [-0.25, -0.2) is 13.2 Å². The summed E-state index contributed by atoms with van der Waals surface area (Å²) in [5.74, 6) is 4.98. The highest BCUT2D eigenvalue weighted by molar-refractivity contribution is 7.85. The van der Waals surface area contributed by atoms with E-state index in [2.05, 4.69) is 77.6 Å². The lowest BCUT2D eigenvalue weighted by atomic mass is 9.47. The van der Waals surface area contributed by atoms with Gasteiger partial charge in [-0.05, 0) is 133 Å². The molecule has 0 saturated heterocycles. The molecule has 1 unspecified atom stereocenters. The van der Waals surface area contributed by atoms with Crippen LogP contribution in [0.5, 0.6) is 0 Å². The van der Waals surface area contributed by atoms with Gasteiger partial charge in [0.1, 0.15) is 22.8 Å². The van der Waals surface area contributed by atoms with Crippen LogP contribution < -0.4 is 10.4 Å². The fraction of sp³-hybridized carbons (Fsp3) is 0.694. The number of quaternary nitrogens is 1. The first-order valence-corrected chi connectivity index (χ1v) is 24.7. The molecule has 7 rings (SSSR count). The summed E-state index contributed by atoms with van der Waals surface area (Å²) in [6, 6.07) is 13.6. The van der Waals surface area contributed by atoms with Gasteiger partial charge in [-0.1, -0.05) is 95.4 Å². The van der Waals surface area contributed by atoms with E-state index in [1.807, 2.05) is 31.2 Å². The summed E-state index contributed by atoms with van der Waals surface area (Å²) in [5.41, 5.74) is 5.05. The molecule has 344 valence electrons. The lowest BCUT2D eigenvalue weighted by Gasteiger charge is -2.58. The van der Waals surface area contributed by atoms with Crippen LogP contribution in [0.3, 0.4) is 0 Å². The number of allylic oxidation sites excluding steroid dienone is 1. The van der Waals surface area contributed by atoms with E-state index in [1.54, 1.807) is 22.8 Å². The van der Waals surface area contributed by atoms with Gasteiger partial charge in [0.25, 0.3) is 0 Å². The first-order chi connectivity index (χ1) is 29.3. The van der Waals surface area contributed by atoms with Crippen molar-refractivity contribution >= 4 is 21.9 Å². The van der Waals surface area contributed by atoms with E-state index in [4.69, 9.17) is 14.2 Å². The summed E-state index contributed by atoms with van der Waals surface area (Å²) in [7, 11) is 2.15. The third-order valence-electron chi connectivity index (χ3n) is 15.1. The second kappa shape index (κ2) is 20.2. The largest absolute Gasteiger partial charge is 0.744 e. The summed E-state index contributed by atoms with van der Waals surface area (Å²) in [5, 5.41) is 12.2. The van der Waals surface area contributed by atoms with Crippen LogP contribution in [-0.4, -0.2) is 77.1 Å². The van der Waals surface area contributed by atoms with E-state index < -0.39 is 16.4 Å². The molecule has 62 heavy (non-hydrogen) atoms. The molecular formula is C49H75N5O7S. The molecule has 13 heteroatoms. The zero-order chi connectivity index (χ0) is 44.9. The Labute approximate surface area is 372 Å². The van der Waals surface area contributed by atoms with Crippen molar-refractivity contribution in [2.45, 2.75) is 129 Å². The van der Waals surface area contributed by atoms with Crippen LogP contribution >= 0.6 is 0 Å². The van der Waals surface area contributed by atoms with Crippen molar-refractivity contribution in [1.82, 2.24) is 5.32 Å². The maximum atomic E-state index is 13.0. The van der Waals surface area contributed by atoms with Gasteiger partial charge in [0, 0.05) is 18.5 Å². The third-order valence-corrected chi connectivity index (χ3v) is 15.9. The van der Waals surface area contributed by atoms with Crippen molar-refractivity contribution in [3.63, 3.8) is 0 Å². The smallest absolute Gasteiger partial charge is 0.407 e. The van der Waals surface area contributed by atoms with Gasteiger partial charge in [0.2, 0.25) is 0 Å². The zero-order valence-electron chi connectivity index (χ0n) is 39.0. The highest BCUT2D eigenvalue weighted by Crippen LogP contribution is 2.67. The number of hydrogen-bond donors (Lipinski definition) is 1. The third kappa shape index (κ3) is 12.3. The Kier molecular flexibility index (Phi) is 15.7. The predicted molar refractivity (Wildman–Crippen MR) is 242 cm³/mol. The summed E-state index contributed by atoms with van der Waals surface area (Å²) in [6.07, 6.45) is 15.5. The fourth-order valence-corrected chi connectivity index (χ4v) is 12.0. The highest BCUT2D eigenvalue weighted by atomic mass is 32.2. The molecule has 9 atom stereocenters. The van der Waals surface area contributed by atoms with Crippen molar-refractivity contribution in [2.75, 3.05) is 52.6 Å². The minimum atomic E-state index is -4.27. The average Bonchev–Trinajstić information content (AvgIpc) is 3.99. The van der Waals surface area contributed by atoms with Crippen LogP contribution in [0.2, 0.25) is 0 Å². The molecule has 1 amide bonds. The van der Waals surface area contributed by atoms with Crippen molar-refractivity contribution < 1.29 is 36.5 Å². The second-order valence-electron chi connectivity index (χ2n) is 20.9. The summed E-state index contributed by atoms with van der Waals surface area (Å²) in [4.78, 5) is 12.8. The van der Waals surface area contributed by atoms with Crippen molar-refractivity contribution in [3.8, 4) is 0 Å². The molecule has 0 bridgehead atoms. The number of anilines is 1. The SMILES string of the molecule is CC(C)CCC[C@@H](C)[C@H]1CC[C@H]2[C@@H]3CC=C4C[C@@H](OC(=O)NCCOC(OCC[N+](C)(C)C)c5ccc(N6N=N6)cc5)CC[C@]4(C)[C@H]3CC[C@]12C.Cc1ccc(S(=O)(=O)[O-])cc1. The molecule has 3 fully saturated rings. The Morgan fingerprint density at radius 3 is 2.26 bits per heavy atom. The zero-order valence-corrected chi connectivity index (χ0v) is 39.8. The molecule has 12 nitrogen and oxygen atoms in total. The summed E-state index contributed by atoms with van der Waals surface area (Å²) in [6.45, 7) is 16.4. The molecule has 0 aromatic heterocycles. The number of hydrogen-bond acceptors (Lipinski definition) is 10. The molecule has 4 aliphatic carbocycles. The van der Waals surface area contributed by atoms with Crippen LogP contribution in [0.25, 0.3) is 0 Å². The number of ether oxygens (including phenoxy) is 3. The van der Waals surface area contributed by atoms with Crippen LogP contribution in [0.15, 0.2) is 75.5 Å². The number of alkyl carbamates (subject to hydrolysis) is 1. The van der Waals surface area contributed by atoms with Crippen LogP contribution in [0, 0.1) is 53.3 Å². The minimum Gasteiger partial charge on any atom is -0.744 e. The van der Waals surface area contributed by atoms with E-state index in [1.165, 1.54) is 63.5 Å². The van der Waals surface area contributed by atoms with Crippen molar-refractivity contribution in [3.05, 3.63) is 71.3 Å². The number of nitrogens with zero attached hydrogens (tertiary/aromatic N) is 4. The molecule has 1 aliphatic heterocycles. The van der Waals surface area contributed by atoms with Gasteiger partial charge in [-0.2, -0.15) is 0 Å². The Morgan fingerprint density at radius 1 is 0.919 bits per heavy atom. The van der Waals surface area contributed by atoms with Crippen LogP contribution in [-0.2, 0) is 24.3 Å². The van der Waals surface area contributed by atoms with Gasteiger partial charge in [-0.3, -0.25) is 0 Å². The maximum absolute atomic E-state index is 13.0. The average molecular weight is 878 g/mol. The molecule has 2 aromatic rings. The second-order valence-corrected chi connectivity index (χ2v) is 22.3. The van der Waals surface area contributed by atoms with Crippen molar-refractivity contribution in [1.29, 1.82) is 0 Å². The predicted octanol–water partition coefficient (Wildman–Crippen LogP) is 10.6. The van der Waals surface area contributed by atoms with Crippen LogP contribution in [0.1, 0.15) is 123 Å². The fourth-order valence-electron chi connectivity index (χ4n) is 11.5. The molecule has 1 N–H and O–H groups in total. The molecule has 3 saturated carbocycles. The maximum Gasteiger partial charge on any atom is 0.407 e. The molecule has 5 aliphatic rings. The Bertz CT molecular complexity index is 1960. The molecular weight excluding hydrogens is 803 g/mol. The molecule has 2 aromatic carbocycles. The lowest BCUT2D eigenvalue weighted by Crippen LogP contribution is -2.51. The number of carbonyl (C=O) groups excluding carboxylic acids is 1. The minimum absolute atomic E-state index is 0.0657. The number of benzene rings is 2. The first-order valence-electron chi connectivity index (χ1n) is 23.3. The van der Waals surface area contributed by atoms with Crippen molar-refractivity contribution in [2.24, 2.45) is 56.8 Å². The van der Waals surface area contributed by atoms with E-state index in [9.17, 15) is 17.8 Å². The molecule has 0 radical (unpaired) electrons.